The highest BCUT2D eigenvalue weighted by Gasteiger charge is 2.27. The third-order valence-electron chi connectivity index (χ3n) is 3.48. The molecule has 1 fully saturated rings. The second kappa shape index (κ2) is 5.94. The van der Waals surface area contributed by atoms with Gasteiger partial charge in [-0.25, -0.2) is 8.78 Å². The van der Waals surface area contributed by atoms with Crippen LogP contribution in [0.25, 0.3) is 0 Å². The summed E-state index contributed by atoms with van der Waals surface area (Å²) in [6.45, 7) is 5.32. The van der Waals surface area contributed by atoms with E-state index in [4.69, 9.17) is 4.74 Å². The van der Waals surface area contributed by atoms with Crippen LogP contribution in [0.4, 0.5) is 8.78 Å². The van der Waals surface area contributed by atoms with Crippen molar-refractivity contribution in [3.8, 4) is 0 Å². The summed E-state index contributed by atoms with van der Waals surface area (Å²) in [5.74, 6) is -1.41. The number of aliphatic hydroxyl groups excluding tert-OH is 1. The second-order valence-corrected chi connectivity index (χ2v) is 5.10. The summed E-state index contributed by atoms with van der Waals surface area (Å²) >= 11 is 0. The molecule has 19 heavy (non-hydrogen) atoms. The van der Waals surface area contributed by atoms with Crippen molar-refractivity contribution >= 4 is 0 Å². The molecule has 3 unspecified atom stereocenters. The summed E-state index contributed by atoms with van der Waals surface area (Å²) in [5, 5.41) is 10.1. The molecule has 2 rings (SSSR count). The zero-order chi connectivity index (χ0) is 14.0. The van der Waals surface area contributed by atoms with Crippen molar-refractivity contribution in [2.75, 3.05) is 19.7 Å². The average Bonchev–Trinajstić information content (AvgIpc) is 2.33. The number of β-amino-alcohol motifs (C(OH)–C–C–N with tert-alkyl or cyclic N) is 1. The molecular formula is C14H19F2NO2. The lowest BCUT2D eigenvalue weighted by Crippen LogP contribution is -2.48. The Morgan fingerprint density at radius 1 is 1.37 bits per heavy atom. The van der Waals surface area contributed by atoms with E-state index in [1.165, 1.54) is 6.07 Å². The molecular weight excluding hydrogens is 252 g/mol. The van der Waals surface area contributed by atoms with Gasteiger partial charge < -0.3 is 9.84 Å². The van der Waals surface area contributed by atoms with Crippen LogP contribution in [0.5, 0.6) is 0 Å². The Labute approximate surface area is 111 Å². The number of nitrogens with zero attached hydrogens (tertiary/aromatic N) is 1. The van der Waals surface area contributed by atoms with E-state index in [1.807, 2.05) is 18.7 Å². The number of morpholine rings is 1. The van der Waals surface area contributed by atoms with Gasteiger partial charge in [-0.2, -0.15) is 0 Å². The lowest BCUT2D eigenvalue weighted by molar-refractivity contribution is -0.0625. The number of halogens is 2. The number of hydrogen-bond acceptors (Lipinski definition) is 3. The maximum atomic E-state index is 13.6. The lowest BCUT2D eigenvalue weighted by Gasteiger charge is -2.37. The van der Waals surface area contributed by atoms with Crippen LogP contribution in [0.3, 0.4) is 0 Å². The molecule has 1 aromatic carbocycles. The van der Waals surface area contributed by atoms with Crippen LogP contribution < -0.4 is 0 Å². The Morgan fingerprint density at radius 3 is 2.63 bits per heavy atom. The molecule has 0 radical (unpaired) electrons. The van der Waals surface area contributed by atoms with Gasteiger partial charge in [-0.3, -0.25) is 4.90 Å². The monoisotopic (exact) mass is 271 g/mol. The number of aliphatic hydroxyl groups is 1. The van der Waals surface area contributed by atoms with Crippen LogP contribution in [-0.4, -0.2) is 41.8 Å². The molecule has 1 heterocycles. The van der Waals surface area contributed by atoms with Crippen LogP contribution in [0.15, 0.2) is 18.2 Å². The molecule has 1 aromatic rings. The molecule has 0 saturated carbocycles. The summed E-state index contributed by atoms with van der Waals surface area (Å²) in [5.41, 5.74) is -0.256. The van der Waals surface area contributed by atoms with Crippen LogP contribution in [0.2, 0.25) is 0 Å². The van der Waals surface area contributed by atoms with E-state index in [-0.39, 0.29) is 24.3 Å². The highest BCUT2D eigenvalue weighted by Crippen LogP contribution is 2.23. The van der Waals surface area contributed by atoms with Gasteiger partial charge in [-0.05, 0) is 26.0 Å². The minimum atomic E-state index is -1.17. The van der Waals surface area contributed by atoms with Gasteiger partial charge in [0, 0.05) is 19.1 Å². The standard InChI is InChI=1S/C14H19F2NO2/c1-9-8-19-10(2)6-17(9)7-13(18)14-11(15)4-3-5-12(14)16/h3-5,9-10,13,18H,6-8H2,1-2H3. The molecule has 0 aromatic heterocycles. The topological polar surface area (TPSA) is 32.7 Å². The SMILES string of the molecule is CC1CN(CC(O)c2c(F)cccc2F)C(C)CO1. The van der Waals surface area contributed by atoms with Gasteiger partial charge in [0.15, 0.2) is 0 Å². The van der Waals surface area contributed by atoms with Gasteiger partial charge in [-0.1, -0.05) is 6.07 Å². The molecule has 3 nitrogen and oxygen atoms in total. The van der Waals surface area contributed by atoms with Crippen molar-refractivity contribution in [2.24, 2.45) is 0 Å². The average molecular weight is 271 g/mol. The Balaban J connectivity index is 2.10. The van der Waals surface area contributed by atoms with Crippen molar-refractivity contribution in [3.05, 3.63) is 35.4 Å². The zero-order valence-corrected chi connectivity index (χ0v) is 11.1. The fraction of sp³-hybridized carbons (Fsp3) is 0.571. The fourth-order valence-corrected chi connectivity index (χ4v) is 2.37. The molecule has 1 N–H and O–H groups in total. The van der Waals surface area contributed by atoms with Gasteiger partial charge in [0.1, 0.15) is 11.6 Å². The van der Waals surface area contributed by atoms with E-state index in [0.717, 1.165) is 12.1 Å². The number of rotatable bonds is 3. The number of ether oxygens (including phenoxy) is 1. The van der Waals surface area contributed by atoms with E-state index >= 15 is 0 Å². The molecule has 3 atom stereocenters. The Bertz CT molecular complexity index is 421. The van der Waals surface area contributed by atoms with Gasteiger partial charge in [0.05, 0.1) is 24.4 Å². The van der Waals surface area contributed by atoms with Crippen molar-refractivity contribution in [3.63, 3.8) is 0 Å². The smallest absolute Gasteiger partial charge is 0.131 e. The van der Waals surface area contributed by atoms with E-state index < -0.39 is 17.7 Å². The van der Waals surface area contributed by atoms with E-state index in [1.54, 1.807) is 0 Å². The lowest BCUT2D eigenvalue weighted by atomic mass is 10.1. The predicted octanol–water partition coefficient (Wildman–Crippen LogP) is 2.11. The summed E-state index contributed by atoms with van der Waals surface area (Å²) in [6, 6.07) is 3.74. The second-order valence-electron chi connectivity index (χ2n) is 5.10. The van der Waals surface area contributed by atoms with Crippen molar-refractivity contribution in [2.45, 2.75) is 32.1 Å². The van der Waals surface area contributed by atoms with Gasteiger partial charge in [0.25, 0.3) is 0 Å². The first-order valence-electron chi connectivity index (χ1n) is 6.46. The number of hydrogen-bond donors (Lipinski definition) is 1. The summed E-state index contributed by atoms with van der Waals surface area (Å²) in [7, 11) is 0. The van der Waals surface area contributed by atoms with Crippen molar-refractivity contribution in [1.29, 1.82) is 0 Å². The summed E-state index contributed by atoms with van der Waals surface area (Å²) in [4.78, 5) is 1.99. The van der Waals surface area contributed by atoms with Crippen LogP contribution in [0.1, 0.15) is 25.5 Å². The molecule has 106 valence electrons. The van der Waals surface area contributed by atoms with Gasteiger partial charge in [0.2, 0.25) is 0 Å². The molecule has 1 aliphatic rings. The molecule has 5 heteroatoms. The molecule has 0 spiro atoms. The maximum absolute atomic E-state index is 13.6. The molecule has 0 bridgehead atoms. The maximum Gasteiger partial charge on any atom is 0.131 e. The fourth-order valence-electron chi connectivity index (χ4n) is 2.37. The highest BCUT2D eigenvalue weighted by atomic mass is 19.1. The molecule has 1 aliphatic heterocycles. The minimum Gasteiger partial charge on any atom is -0.387 e. The Hall–Kier alpha value is -1.04. The zero-order valence-electron chi connectivity index (χ0n) is 11.1. The van der Waals surface area contributed by atoms with E-state index in [0.29, 0.717) is 13.2 Å². The first kappa shape index (κ1) is 14.4. The number of benzene rings is 1. The third kappa shape index (κ3) is 3.29. The van der Waals surface area contributed by atoms with E-state index in [9.17, 15) is 13.9 Å². The Morgan fingerprint density at radius 2 is 2.00 bits per heavy atom. The van der Waals surface area contributed by atoms with Crippen LogP contribution in [-0.2, 0) is 4.74 Å². The first-order chi connectivity index (χ1) is 8.99. The summed E-state index contributed by atoms with van der Waals surface area (Å²) < 4.78 is 32.7. The first-order valence-corrected chi connectivity index (χ1v) is 6.46. The quantitative estimate of drug-likeness (QED) is 0.914. The van der Waals surface area contributed by atoms with Crippen LogP contribution >= 0.6 is 0 Å². The highest BCUT2D eigenvalue weighted by molar-refractivity contribution is 5.22. The molecule has 0 aliphatic carbocycles. The van der Waals surface area contributed by atoms with E-state index in [2.05, 4.69) is 0 Å². The third-order valence-corrected chi connectivity index (χ3v) is 3.48. The predicted molar refractivity (Wildman–Crippen MR) is 67.8 cm³/mol. The molecule has 1 saturated heterocycles. The van der Waals surface area contributed by atoms with Gasteiger partial charge >= 0.3 is 0 Å². The van der Waals surface area contributed by atoms with Crippen molar-refractivity contribution < 1.29 is 18.6 Å². The minimum absolute atomic E-state index is 0.0638. The van der Waals surface area contributed by atoms with Gasteiger partial charge in [-0.15, -0.1) is 0 Å². The molecule has 0 amide bonds. The summed E-state index contributed by atoms with van der Waals surface area (Å²) in [6.07, 6.45) is -1.11. The normalized spacial score (nSPS) is 26.4. The van der Waals surface area contributed by atoms with Crippen LogP contribution in [0, 0.1) is 11.6 Å². The largest absolute Gasteiger partial charge is 0.387 e. The Kier molecular flexibility index (Phi) is 4.50. The van der Waals surface area contributed by atoms with Crippen molar-refractivity contribution in [1.82, 2.24) is 4.90 Å².